The molecule has 2 N–H and O–H groups in total. The van der Waals surface area contributed by atoms with Crippen LogP contribution in [-0.4, -0.2) is 31.3 Å². The molecule has 1 aromatic rings. The average molecular weight is 442 g/mol. The van der Waals surface area contributed by atoms with Crippen LogP contribution in [-0.2, 0) is 4.74 Å². The second-order valence-electron chi connectivity index (χ2n) is 5.51. The van der Waals surface area contributed by atoms with Crippen LogP contribution in [0.4, 0.5) is 0 Å². The van der Waals surface area contributed by atoms with Crippen LogP contribution in [0.2, 0.25) is 0 Å². The van der Waals surface area contributed by atoms with Crippen molar-refractivity contribution in [1.82, 2.24) is 9.55 Å². The lowest BCUT2D eigenvalue weighted by Crippen LogP contribution is -2.33. The molecule has 24 heavy (non-hydrogen) atoms. The van der Waals surface area contributed by atoms with E-state index in [1.54, 1.807) is 0 Å². The van der Waals surface area contributed by atoms with Crippen LogP contribution in [0.5, 0.6) is 0 Å². The fraction of sp³-hybridized carbons (Fsp3) is 0.529. The third kappa shape index (κ3) is 4.73. The molecule has 0 saturated carbocycles. The monoisotopic (exact) mass is 442 g/mol. The summed E-state index contributed by atoms with van der Waals surface area (Å²) in [4.78, 5) is 26.1. The quantitative estimate of drug-likeness (QED) is 0.311. The van der Waals surface area contributed by atoms with Gasteiger partial charge in [-0.25, -0.2) is 4.79 Å². The van der Waals surface area contributed by atoms with Crippen LogP contribution in [0.3, 0.4) is 0 Å². The third-order valence-electron chi connectivity index (χ3n) is 3.73. The maximum absolute atomic E-state index is 12.0. The molecule has 1 aromatic heterocycles. The summed E-state index contributed by atoms with van der Waals surface area (Å²) in [6, 6.07) is 0. The number of unbranched alkanes of at least 4 members (excludes halogenated alkanes) is 3. The molecule has 128 valence electrons. The minimum Gasteiger partial charge on any atom is -0.390 e. The first kappa shape index (κ1) is 18.8. The van der Waals surface area contributed by atoms with Crippen LogP contribution in [0.15, 0.2) is 15.8 Å². The molecule has 2 rings (SSSR count). The highest BCUT2D eigenvalue weighted by Gasteiger charge is 2.34. The molecule has 0 amide bonds. The maximum atomic E-state index is 12.0. The molecule has 0 unspecified atom stereocenters. The highest BCUT2D eigenvalue weighted by Crippen LogP contribution is 2.28. The number of aliphatic hydroxyl groups excluding tert-OH is 1. The maximum Gasteiger partial charge on any atom is 0.330 e. The molecule has 0 aliphatic carbocycles. The molecule has 1 aliphatic rings. The highest BCUT2D eigenvalue weighted by atomic mass is 127. The van der Waals surface area contributed by atoms with E-state index in [0.717, 1.165) is 12.8 Å². The minimum absolute atomic E-state index is 0.211. The first-order valence-electron chi connectivity index (χ1n) is 7.74. The number of terminal acetylenes is 1. The van der Waals surface area contributed by atoms with E-state index in [1.165, 1.54) is 10.8 Å². The zero-order valence-electron chi connectivity index (χ0n) is 13.1. The second kappa shape index (κ2) is 9.07. The van der Waals surface area contributed by atoms with Gasteiger partial charge in [-0.1, -0.05) is 34.4 Å². The number of halogens is 1. The van der Waals surface area contributed by atoms with Crippen molar-refractivity contribution in [1.29, 1.82) is 0 Å². The molecule has 0 bridgehead atoms. The van der Waals surface area contributed by atoms with E-state index in [2.05, 4.69) is 45.3 Å². The van der Waals surface area contributed by atoms with Gasteiger partial charge in [-0.3, -0.25) is 14.3 Å². The van der Waals surface area contributed by atoms with E-state index in [-0.39, 0.29) is 11.7 Å². The molecule has 0 spiro atoms. The van der Waals surface area contributed by atoms with Gasteiger partial charge in [0.25, 0.3) is 5.56 Å². The molecule has 1 aliphatic heterocycles. The molecule has 2 heterocycles. The molecule has 0 radical (unpaired) electrons. The van der Waals surface area contributed by atoms with Gasteiger partial charge >= 0.3 is 5.69 Å². The van der Waals surface area contributed by atoms with Gasteiger partial charge in [-0.2, -0.15) is 0 Å². The van der Waals surface area contributed by atoms with Gasteiger partial charge in [0.15, 0.2) is 0 Å². The summed E-state index contributed by atoms with van der Waals surface area (Å²) in [6.45, 7) is 0. The summed E-state index contributed by atoms with van der Waals surface area (Å²) < 4.78 is 7.58. The number of hydrogen-bond donors (Lipinski definition) is 2. The minimum atomic E-state index is -0.628. The van der Waals surface area contributed by atoms with Crippen molar-refractivity contribution in [3.05, 3.63) is 32.6 Å². The molecule has 6 nitrogen and oxygen atoms in total. The first-order chi connectivity index (χ1) is 11.6. The number of nitrogens with zero attached hydrogens (tertiary/aromatic N) is 1. The Morgan fingerprint density at radius 2 is 2.17 bits per heavy atom. The van der Waals surface area contributed by atoms with Gasteiger partial charge in [-0.15, -0.1) is 12.3 Å². The van der Waals surface area contributed by atoms with Crippen molar-refractivity contribution < 1.29 is 9.84 Å². The van der Waals surface area contributed by atoms with Crippen LogP contribution in [0, 0.1) is 24.2 Å². The SMILES string of the molecule is C#CCCCCC#Cc1cn([C@H]2C[C@H](O)[C@@H](CI)O2)c(=O)[nH]c1=O. The van der Waals surface area contributed by atoms with Crippen LogP contribution < -0.4 is 11.2 Å². The summed E-state index contributed by atoms with van der Waals surface area (Å²) in [5, 5.41) is 9.92. The number of rotatable bonds is 5. The number of aromatic amines is 1. The van der Waals surface area contributed by atoms with Crippen molar-refractivity contribution in [2.45, 2.75) is 50.5 Å². The van der Waals surface area contributed by atoms with Gasteiger partial charge < -0.3 is 9.84 Å². The molecule has 1 fully saturated rings. The number of alkyl halides is 1. The summed E-state index contributed by atoms with van der Waals surface area (Å²) in [7, 11) is 0. The van der Waals surface area contributed by atoms with Crippen LogP contribution in [0.1, 0.15) is 43.9 Å². The Balaban J connectivity index is 2.15. The molecule has 0 aromatic carbocycles. The molecule has 1 saturated heterocycles. The smallest absolute Gasteiger partial charge is 0.330 e. The Kier molecular flexibility index (Phi) is 7.10. The van der Waals surface area contributed by atoms with E-state index in [0.29, 0.717) is 23.7 Å². The van der Waals surface area contributed by atoms with Crippen molar-refractivity contribution in [2.75, 3.05) is 4.43 Å². The Labute approximate surface area is 153 Å². The fourth-order valence-electron chi connectivity index (χ4n) is 2.41. The van der Waals surface area contributed by atoms with E-state index < -0.39 is 23.6 Å². The summed E-state index contributed by atoms with van der Waals surface area (Å²) in [5.74, 6) is 8.28. The molecule has 3 atom stereocenters. The second-order valence-corrected chi connectivity index (χ2v) is 6.39. The van der Waals surface area contributed by atoms with Crippen molar-refractivity contribution >= 4 is 22.6 Å². The molecular weight excluding hydrogens is 423 g/mol. The fourth-order valence-corrected chi connectivity index (χ4v) is 3.21. The number of nitrogens with one attached hydrogen (secondary N) is 1. The summed E-state index contributed by atoms with van der Waals surface area (Å²) in [6.07, 6.45) is 8.46. The normalized spacial score (nSPS) is 22.6. The van der Waals surface area contributed by atoms with Crippen molar-refractivity contribution in [3.8, 4) is 24.2 Å². The van der Waals surface area contributed by atoms with Gasteiger partial charge in [-0.05, 0) is 12.8 Å². The predicted molar refractivity (Wildman–Crippen MR) is 98.9 cm³/mol. The van der Waals surface area contributed by atoms with E-state index in [4.69, 9.17) is 11.2 Å². The standard InChI is InChI=1S/C17H19IN2O4/c1-2-3-4-5-6-7-8-12-11-20(17(23)19-16(12)22)15-9-13(21)14(10-18)24-15/h1,11,13-15,21H,3-6,9-10H2,(H,19,22,23)/t13-,14+,15+/m0/s1. The number of hydrogen-bond acceptors (Lipinski definition) is 4. The van der Waals surface area contributed by atoms with E-state index in [1.807, 2.05) is 0 Å². The molecular formula is C17H19IN2O4. The van der Waals surface area contributed by atoms with Gasteiger partial charge in [0.2, 0.25) is 0 Å². The van der Waals surface area contributed by atoms with Gasteiger partial charge in [0, 0.05) is 29.9 Å². The zero-order valence-corrected chi connectivity index (χ0v) is 15.3. The van der Waals surface area contributed by atoms with Crippen molar-refractivity contribution in [3.63, 3.8) is 0 Å². The summed E-state index contributed by atoms with van der Waals surface area (Å²) >= 11 is 2.12. The average Bonchev–Trinajstić information content (AvgIpc) is 2.93. The topological polar surface area (TPSA) is 84.3 Å². The Morgan fingerprint density at radius 1 is 1.42 bits per heavy atom. The lowest BCUT2D eigenvalue weighted by Gasteiger charge is -2.14. The Bertz CT molecular complexity index is 781. The number of aromatic nitrogens is 2. The number of ether oxygens (including phenoxy) is 1. The van der Waals surface area contributed by atoms with Crippen LogP contribution in [0.25, 0.3) is 0 Å². The van der Waals surface area contributed by atoms with Crippen LogP contribution >= 0.6 is 22.6 Å². The number of H-pyrrole nitrogens is 1. The lowest BCUT2D eigenvalue weighted by molar-refractivity contribution is -0.00613. The first-order valence-corrected chi connectivity index (χ1v) is 9.26. The number of aliphatic hydroxyl groups is 1. The highest BCUT2D eigenvalue weighted by molar-refractivity contribution is 14.1. The van der Waals surface area contributed by atoms with E-state index in [9.17, 15) is 14.7 Å². The van der Waals surface area contributed by atoms with Gasteiger partial charge in [0.1, 0.15) is 11.8 Å². The predicted octanol–water partition coefficient (Wildman–Crippen LogP) is 1.17. The lowest BCUT2D eigenvalue weighted by atomic mass is 10.2. The van der Waals surface area contributed by atoms with E-state index >= 15 is 0 Å². The summed E-state index contributed by atoms with van der Waals surface area (Å²) in [5.41, 5.74) is -0.871. The molecule has 7 heteroatoms. The van der Waals surface area contributed by atoms with Gasteiger partial charge in [0.05, 0.1) is 12.2 Å². The largest absolute Gasteiger partial charge is 0.390 e. The Hall–Kier alpha value is -1.55. The zero-order chi connectivity index (χ0) is 17.5. The van der Waals surface area contributed by atoms with Crippen molar-refractivity contribution in [2.24, 2.45) is 0 Å². The Morgan fingerprint density at radius 3 is 2.83 bits per heavy atom. The third-order valence-corrected chi connectivity index (χ3v) is 4.60.